The molecule has 0 radical (unpaired) electrons. The van der Waals surface area contributed by atoms with E-state index in [2.05, 4.69) is 15.3 Å². The zero-order valence-corrected chi connectivity index (χ0v) is 15.3. The number of nitrogens with one attached hydrogen (secondary N) is 1. The van der Waals surface area contributed by atoms with Gasteiger partial charge in [0.15, 0.2) is 5.78 Å². The summed E-state index contributed by atoms with van der Waals surface area (Å²) in [6, 6.07) is 12.9. The average Bonchev–Trinajstić information content (AvgIpc) is 3.07. The Morgan fingerprint density at radius 1 is 1.07 bits per heavy atom. The maximum absolute atomic E-state index is 12.8. The number of nitrogens with zero attached hydrogens (tertiary/aromatic N) is 2. The number of amides is 1. The van der Waals surface area contributed by atoms with E-state index in [1.54, 1.807) is 42.9 Å². The summed E-state index contributed by atoms with van der Waals surface area (Å²) >= 11 is 1.52. The number of anilines is 1. The molecule has 0 bridgehead atoms. The number of carbonyl (C=O) groups is 2. The van der Waals surface area contributed by atoms with E-state index in [0.717, 1.165) is 23.1 Å². The molecule has 1 aliphatic carbocycles. The molecule has 0 spiro atoms. The molecule has 27 heavy (non-hydrogen) atoms. The summed E-state index contributed by atoms with van der Waals surface area (Å²) in [4.78, 5) is 32.9. The standard InChI is InChI=1S/C21H17N3O2S/c25-19-6-3-15-12-16(4-5-17(15)19)24-20(26)18-2-1-9-23-21(18)27-13-14-7-10-22-11-8-14/h1-2,4-5,7-12H,3,6,13H2,(H,24,26). The van der Waals surface area contributed by atoms with Crippen LogP contribution in [0.25, 0.3) is 0 Å². The molecule has 2 heterocycles. The second-order valence-corrected chi connectivity index (χ2v) is 7.21. The molecule has 6 heteroatoms. The largest absolute Gasteiger partial charge is 0.322 e. The Kier molecular flexibility index (Phi) is 4.98. The normalized spacial score (nSPS) is 12.7. The number of carbonyl (C=O) groups excluding carboxylic acids is 2. The van der Waals surface area contributed by atoms with E-state index in [9.17, 15) is 9.59 Å². The molecule has 2 aromatic heterocycles. The number of hydrogen-bond donors (Lipinski definition) is 1. The quantitative estimate of drug-likeness (QED) is 0.678. The van der Waals surface area contributed by atoms with Crippen LogP contribution in [-0.4, -0.2) is 21.7 Å². The van der Waals surface area contributed by atoms with Gasteiger partial charge in [0.2, 0.25) is 0 Å². The minimum atomic E-state index is -0.204. The lowest BCUT2D eigenvalue weighted by atomic mass is 10.1. The van der Waals surface area contributed by atoms with E-state index in [1.807, 2.05) is 18.2 Å². The molecular weight excluding hydrogens is 358 g/mol. The lowest BCUT2D eigenvalue weighted by Crippen LogP contribution is -2.14. The summed E-state index contributed by atoms with van der Waals surface area (Å²) in [7, 11) is 0. The van der Waals surface area contributed by atoms with Crippen LogP contribution in [-0.2, 0) is 12.2 Å². The number of rotatable bonds is 5. The molecule has 1 aliphatic rings. The van der Waals surface area contributed by atoms with Crippen molar-refractivity contribution < 1.29 is 9.59 Å². The summed E-state index contributed by atoms with van der Waals surface area (Å²) in [5.41, 5.74) is 4.12. The number of aromatic nitrogens is 2. The Balaban J connectivity index is 1.50. The highest BCUT2D eigenvalue weighted by atomic mass is 32.2. The van der Waals surface area contributed by atoms with Crippen molar-refractivity contribution in [3.63, 3.8) is 0 Å². The minimum absolute atomic E-state index is 0.171. The third-order valence-electron chi connectivity index (χ3n) is 4.43. The molecule has 0 saturated carbocycles. The van der Waals surface area contributed by atoms with Gasteiger partial charge in [0.1, 0.15) is 5.03 Å². The number of fused-ring (bicyclic) bond motifs is 1. The number of hydrogen-bond acceptors (Lipinski definition) is 5. The molecule has 1 aromatic carbocycles. The zero-order valence-electron chi connectivity index (χ0n) is 14.5. The first-order chi connectivity index (χ1) is 13.2. The van der Waals surface area contributed by atoms with Crippen molar-refractivity contribution in [1.29, 1.82) is 0 Å². The summed E-state index contributed by atoms with van der Waals surface area (Å²) in [5, 5.41) is 3.61. The first kappa shape index (κ1) is 17.4. The number of aryl methyl sites for hydroxylation is 1. The van der Waals surface area contributed by atoms with E-state index >= 15 is 0 Å². The Morgan fingerprint density at radius 2 is 1.93 bits per heavy atom. The lowest BCUT2D eigenvalue weighted by molar-refractivity contribution is 0.0992. The Bertz CT molecular complexity index is 1010. The van der Waals surface area contributed by atoms with Gasteiger partial charge in [0, 0.05) is 42.0 Å². The summed E-state index contributed by atoms with van der Waals surface area (Å²) in [5.74, 6) is 0.676. The number of Topliss-reactive ketones (excluding diaryl/α,β-unsaturated/α-hetero) is 1. The highest BCUT2D eigenvalue weighted by molar-refractivity contribution is 7.98. The molecule has 0 unspecified atom stereocenters. The molecule has 0 saturated heterocycles. The lowest BCUT2D eigenvalue weighted by Gasteiger charge is -2.10. The highest BCUT2D eigenvalue weighted by Crippen LogP contribution is 2.27. The zero-order chi connectivity index (χ0) is 18.6. The first-order valence-corrected chi connectivity index (χ1v) is 9.63. The molecular formula is C21H17N3O2S. The van der Waals surface area contributed by atoms with E-state index in [1.165, 1.54) is 11.8 Å². The number of benzene rings is 1. The van der Waals surface area contributed by atoms with Crippen LogP contribution in [0.1, 0.15) is 38.3 Å². The fourth-order valence-electron chi connectivity index (χ4n) is 3.04. The molecule has 5 nitrogen and oxygen atoms in total. The van der Waals surface area contributed by atoms with Gasteiger partial charge >= 0.3 is 0 Å². The Morgan fingerprint density at radius 3 is 2.78 bits per heavy atom. The summed E-state index contributed by atoms with van der Waals surface area (Å²) < 4.78 is 0. The Hall–Kier alpha value is -2.99. The molecule has 1 N–H and O–H groups in total. The van der Waals surface area contributed by atoms with Gasteiger partial charge in [-0.3, -0.25) is 14.6 Å². The molecule has 1 amide bonds. The van der Waals surface area contributed by atoms with Crippen molar-refractivity contribution in [1.82, 2.24) is 9.97 Å². The van der Waals surface area contributed by atoms with Gasteiger partial charge in [-0.1, -0.05) is 0 Å². The minimum Gasteiger partial charge on any atom is -0.322 e. The van der Waals surface area contributed by atoms with Gasteiger partial charge < -0.3 is 5.32 Å². The number of ketones is 1. The van der Waals surface area contributed by atoms with Gasteiger partial charge in [0.05, 0.1) is 5.56 Å². The molecule has 0 fully saturated rings. The summed E-state index contributed by atoms with van der Waals surface area (Å²) in [6.45, 7) is 0. The van der Waals surface area contributed by atoms with Crippen molar-refractivity contribution in [3.05, 3.63) is 83.3 Å². The number of thioether (sulfide) groups is 1. The molecule has 0 atom stereocenters. The van der Waals surface area contributed by atoms with Gasteiger partial charge in [-0.05, 0) is 60.0 Å². The first-order valence-electron chi connectivity index (χ1n) is 8.65. The maximum atomic E-state index is 12.8. The summed E-state index contributed by atoms with van der Waals surface area (Å²) in [6.07, 6.45) is 6.47. The van der Waals surface area contributed by atoms with E-state index in [4.69, 9.17) is 0 Å². The van der Waals surface area contributed by atoms with Crippen LogP contribution in [0.4, 0.5) is 5.69 Å². The Labute approximate surface area is 161 Å². The topological polar surface area (TPSA) is 72.0 Å². The molecule has 134 valence electrons. The van der Waals surface area contributed by atoms with E-state index < -0.39 is 0 Å². The van der Waals surface area contributed by atoms with Crippen molar-refractivity contribution in [2.24, 2.45) is 0 Å². The second kappa shape index (κ2) is 7.72. The van der Waals surface area contributed by atoms with Crippen LogP contribution in [0.3, 0.4) is 0 Å². The van der Waals surface area contributed by atoms with Crippen LogP contribution in [0.2, 0.25) is 0 Å². The van der Waals surface area contributed by atoms with Crippen molar-refractivity contribution >= 4 is 29.1 Å². The van der Waals surface area contributed by atoms with Crippen LogP contribution in [0.5, 0.6) is 0 Å². The van der Waals surface area contributed by atoms with Crippen LogP contribution >= 0.6 is 11.8 Å². The molecule has 4 rings (SSSR count). The highest BCUT2D eigenvalue weighted by Gasteiger charge is 2.20. The molecule has 0 aliphatic heterocycles. The van der Waals surface area contributed by atoms with Gasteiger partial charge in [0.25, 0.3) is 5.91 Å². The van der Waals surface area contributed by atoms with Crippen LogP contribution in [0, 0.1) is 0 Å². The fourth-order valence-corrected chi connectivity index (χ4v) is 3.99. The smallest absolute Gasteiger partial charge is 0.258 e. The van der Waals surface area contributed by atoms with Crippen molar-refractivity contribution in [3.8, 4) is 0 Å². The van der Waals surface area contributed by atoms with Gasteiger partial charge in [-0.25, -0.2) is 4.98 Å². The van der Waals surface area contributed by atoms with Gasteiger partial charge in [-0.2, -0.15) is 0 Å². The average molecular weight is 375 g/mol. The third kappa shape index (κ3) is 3.90. The fraction of sp³-hybridized carbons (Fsp3) is 0.143. The maximum Gasteiger partial charge on any atom is 0.258 e. The van der Waals surface area contributed by atoms with Crippen LogP contribution in [0.15, 0.2) is 66.1 Å². The van der Waals surface area contributed by atoms with Crippen molar-refractivity contribution in [2.75, 3.05) is 5.32 Å². The predicted molar refractivity (Wildman–Crippen MR) is 105 cm³/mol. The van der Waals surface area contributed by atoms with Gasteiger partial charge in [-0.15, -0.1) is 11.8 Å². The van der Waals surface area contributed by atoms with E-state index in [0.29, 0.717) is 28.5 Å². The molecule has 3 aromatic rings. The number of pyridine rings is 2. The van der Waals surface area contributed by atoms with Crippen LogP contribution < -0.4 is 5.32 Å². The SMILES string of the molecule is O=C1CCc2cc(NC(=O)c3cccnc3SCc3ccncc3)ccc21. The van der Waals surface area contributed by atoms with E-state index in [-0.39, 0.29) is 11.7 Å². The van der Waals surface area contributed by atoms with Crippen molar-refractivity contribution in [2.45, 2.75) is 23.6 Å². The predicted octanol–water partition coefficient (Wildman–Crippen LogP) is 4.15. The second-order valence-electron chi connectivity index (χ2n) is 6.25. The monoisotopic (exact) mass is 375 g/mol. The third-order valence-corrected chi connectivity index (χ3v) is 5.50.